The Balaban J connectivity index is 1.37. The molecule has 3 aromatic rings. The number of thiazole rings is 1. The van der Waals surface area contributed by atoms with Crippen LogP contribution in [0.4, 0.5) is 5.13 Å². The third kappa shape index (κ3) is 3.73. The van der Waals surface area contributed by atoms with E-state index in [1.165, 1.54) is 12.1 Å². The number of likely N-dealkylation sites (tertiary alicyclic amines) is 1. The minimum absolute atomic E-state index is 0.00520. The van der Waals surface area contributed by atoms with Crippen LogP contribution in [0.3, 0.4) is 0 Å². The number of aryl methyl sites for hydroxylation is 1. The SMILES string of the molecule is Cc1nc(NS(=O)(=O)c2ccccc2)sc1C(=O)N1C[C@@H]2C[C@@H](C1)c1cccc(=O)n1C2. The highest BCUT2D eigenvalue weighted by Crippen LogP contribution is 2.36. The molecule has 1 saturated heterocycles. The third-order valence-corrected chi connectivity index (χ3v) is 8.58. The molecule has 0 aliphatic carbocycles. The van der Waals surface area contributed by atoms with Crippen molar-refractivity contribution in [1.82, 2.24) is 14.5 Å². The van der Waals surface area contributed by atoms with Crippen molar-refractivity contribution in [2.45, 2.75) is 30.7 Å². The van der Waals surface area contributed by atoms with Crippen molar-refractivity contribution in [2.75, 3.05) is 17.8 Å². The van der Waals surface area contributed by atoms with Gasteiger partial charge in [0.1, 0.15) is 4.88 Å². The molecule has 0 unspecified atom stereocenters. The zero-order chi connectivity index (χ0) is 22.5. The number of benzene rings is 1. The molecule has 2 aromatic heterocycles. The first kappa shape index (κ1) is 20.9. The molecule has 5 rings (SSSR count). The van der Waals surface area contributed by atoms with Crippen LogP contribution in [0, 0.1) is 12.8 Å². The fourth-order valence-electron chi connectivity index (χ4n) is 4.62. The largest absolute Gasteiger partial charge is 0.337 e. The zero-order valence-corrected chi connectivity index (χ0v) is 19.0. The number of aromatic nitrogens is 2. The number of hydrogen-bond acceptors (Lipinski definition) is 6. The number of rotatable bonds is 4. The van der Waals surface area contributed by atoms with Gasteiger partial charge in [-0.1, -0.05) is 35.6 Å². The second-order valence-electron chi connectivity index (χ2n) is 8.26. The van der Waals surface area contributed by atoms with Crippen LogP contribution < -0.4 is 10.3 Å². The third-order valence-electron chi connectivity index (χ3n) is 6.03. The molecule has 4 heterocycles. The van der Waals surface area contributed by atoms with E-state index in [2.05, 4.69) is 9.71 Å². The van der Waals surface area contributed by atoms with Gasteiger partial charge in [0.05, 0.1) is 10.6 Å². The lowest BCUT2D eigenvalue weighted by Gasteiger charge is -2.42. The van der Waals surface area contributed by atoms with Crippen molar-refractivity contribution in [3.8, 4) is 0 Å². The van der Waals surface area contributed by atoms with Crippen molar-refractivity contribution in [1.29, 1.82) is 0 Å². The second kappa shape index (κ2) is 7.86. The second-order valence-corrected chi connectivity index (χ2v) is 10.9. The summed E-state index contributed by atoms with van der Waals surface area (Å²) in [4.78, 5) is 32.2. The van der Waals surface area contributed by atoms with Crippen LogP contribution in [-0.4, -0.2) is 41.9 Å². The highest BCUT2D eigenvalue weighted by atomic mass is 32.2. The first-order valence-electron chi connectivity index (χ1n) is 10.4. The summed E-state index contributed by atoms with van der Waals surface area (Å²) in [6.07, 6.45) is 0.955. The van der Waals surface area contributed by atoms with Gasteiger partial charge < -0.3 is 9.47 Å². The number of nitrogens with zero attached hydrogens (tertiary/aromatic N) is 3. The number of nitrogens with one attached hydrogen (secondary N) is 1. The summed E-state index contributed by atoms with van der Waals surface area (Å²) in [6, 6.07) is 13.4. The van der Waals surface area contributed by atoms with E-state index in [4.69, 9.17) is 0 Å². The van der Waals surface area contributed by atoms with Gasteiger partial charge in [-0.05, 0) is 37.5 Å². The molecule has 1 amide bonds. The number of hydrogen-bond donors (Lipinski definition) is 1. The maximum atomic E-state index is 13.3. The van der Waals surface area contributed by atoms with Crippen molar-refractivity contribution in [3.63, 3.8) is 0 Å². The quantitative estimate of drug-likeness (QED) is 0.632. The van der Waals surface area contributed by atoms with Gasteiger partial charge in [-0.3, -0.25) is 14.3 Å². The van der Waals surface area contributed by atoms with Gasteiger partial charge in [-0.2, -0.15) is 0 Å². The fraction of sp³-hybridized carbons (Fsp3) is 0.318. The Morgan fingerprint density at radius 1 is 1.09 bits per heavy atom. The first-order chi connectivity index (χ1) is 15.3. The Bertz CT molecular complexity index is 1350. The highest BCUT2D eigenvalue weighted by molar-refractivity contribution is 7.93. The molecule has 2 atom stereocenters. The average molecular weight is 471 g/mol. The van der Waals surface area contributed by atoms with Crippen LogP contribution >= 0.6 is 11.3 Å². The van der Waals surface area contributed by atoms with E-state index in [1.54, 1.807) is 37.3 Å². The minimum Gasteiger partial charge on any atom is -0.337 e. The smallest absolute Gasteiger partial charge is 0.265 e. The monoisotopic (exact) mass is 470 g/mol. The van der Waals surface area contributed by atoms with E-state index in [-0.39, 0.29) is 33.3 Å². The summed E-state index contributed by atoms with van der Waals surface area (Å²) >= 11 is 1.05. The van der Waals surface area contributed by atoms with Crippen LogP contribution in [0.15, 0.2) is 58.2 Å². The van der Waals surface area contributed by atoms with E-state index in [0.717, 1.165) is 23.5 Å². The van der Waals surface area contributed by atoms with Gasteiger partial charge in [0, 0.05) is 37.3 Å². The standard InChI is InChI=1S/C22H22N4O4S2/c1-14-20(31-22(23-14)24-32(29,30)17-6-3-2-4-7-17)21(28)25-11-15-10-16(13-25)18-8-5-9-19(27)26(18)12-15/h2-9,15-16H,10-13H2,1H3,(H,23,24)/t15-,16-/m0/s1. The molecule has 8 nitrogen and oxygen atoms in total. The topological polar surface area (TPSA) is 101 Å². The molecule has 32 heavy (non-hydrogen) atoms. The number of pyridine rings is 1. The Morgan fingerprint density at radius 3 is 2.66 bits per heavy atom. The Labute approximate surface area is 189 Å². The van der Waals surface area contributed by atoms with Crippen LogP contribution in [0.25, 0.3) is 0 Å². The van der Waals surface area contributed by atoms with E-state index >= 15 is 0 Å². The van der Waals surface area contributed by atoms with Gasteiger partial charge in [0.15, 0.2) is 5.13 Å². The predicted molar refractivity (Wildman–Crippen MR) is 122 cm³/mol. The van der Waals surface area contributed by atoms with Gasteiger partial charge in [0.2, 0.25) is 0 Å². The lowest BCUT2D eigenvalue weighted by Crippen LogP contribution is -2.49. The van der Waals surface area contributed by atoms with E-state index in [1.807, 2.05) is 15.5 Å². The molecule has 2 aliphatic heterocycles. The van der Waals surface area contributed by atoms with Crippen LogP contribution in [0.2, 0.25) is 0 Å². The van der Waals surface area contributed by atoms with E-state index in [0.29, 0.717) is 30.2 Å². The molecule has 0 spiro atoms. The average Bonchev–Trinajstić information content (AvgIpc) is 3.13. The molecule has 0 saturated carbocycles. The summed E-state index contributed by atoms with van der Waals surface area (Å²) in [7, 11) is -3.78. The minimum atomic E-state index is -3.78. The van der Waals surface area contributed by atoms with Crippen molar-refractivity contribution >= 4 is 32.4 Å². The highest BCUT2D eigenvalue weighted by Gasteiger charge is 2.37. The lowest BCUT2D eigenvalue weighted by atomic mass is 9.83. The van der Waals surface area contributed by atoms with Crippen molar-refractivity contribution < 1.29 is 13.2 Å². The Morgan fingerprint density at radius 2 is 1.88 bits per heavy atom. The van der Waals surface area contributed by atoms with Crippen LogP contribution in [-0.2, 0) is 16.6 Å². The lowest BCUT2D eigenvalue weighted by molar-refractivity contribution is 0.0598. The molecule has 2 aliphatic rings. The van der Waals surface area contributed by atoms with Gasteiger partial charge >= 0.3 is 0 Å². The van der Waals surface area contributed by atoms with Crippen LogP contribution in [0.5, 0.6) is 0 Å². The number of carbonyl (C=O) groups excluding carboxylic acids is 1. The maximum Gasteiger partial charge on any atom is 0.265 e. The Hall–Kier alpha value is -2.98. The molecule has 1 fully saturated rings. The summed E-state index contributed by atoms with van der Waals surface area (Å²) in [5.41, 5.74) is 1.48. The van der Waals surface area contributed by atoms with E-state index < -0.39 is 10.0 Å². The molecule has 1 aromatic carbocycles. The molecule has 166 valence electrons. The number of piperidine rings is 1. The van der Waals surface area contributed by atoms with Gasteiger partial charge in [-0.15, -0.1) is 0 Å². The molecule has 0 radical (unpaired) electrons. The van der Waals surface area contributed by atoms with Gasteiger partial charge in [0.25, 0.3) is 21.5 Å². The summed E-state index contributed by atoms with van der Waals surface area (Å²) in [5.74, 6) is 0.186. The first-order valence-corrected chi connectivity index (χ1v) is 12.7. The maximum absolute atomic E-state index is 13.3. The number of fused-ring (bicyclic) bond motifs is 4. The number of sulfonamides is 1. The molecule has 1 N–H and O–H groups in total. The number of amides is 1. The fourth-order valence-corrected chi connectivity index (χ4v) is 6.81. The molecular weight excluding hydrogens is 448 g/mol. The molecule has 2 bridgehead atoms. The Kier molecular flexibility index (Phi) is 5.13. The summed E-state index contributed by atoms with van der Waals surface area (Å²) in [6.45, 7) is 3.42. The summed E-state index contributed by atoms with van der Waals surface area (Å²) in [5, 5.41) is 0.170. The summed E-state index contributed by atoms with van der Waals surface area (Å²) < 4.78 is 29.5. The van der Waals surface area contributed by atoms with Crippen molar-refractivity contribution in [3.05, 3.63) is 75.1 Å². The van der Waals surface area contributed by atoms with Crippen molar-refractivity contribution in [2.24, 2.45) is 5.92 Å². The molecule has 10 heteroatoms. The van der Waals surface area contributed by atoms with Gasteiger partial charge in [-0.25, -0.2) is 13.4 Å². The zero-order valence-electron chi connectivity index (χ0n) is 17.4. The molecular formula is C22H22N4O4S2. The normalized spacial score (nSPS) is 20.0. The van der Waals surface area contributed by atoms with E-state index in [9.17, 15) is 18.0 Å². The number of anilines is 1. The predicted octanol–water partition coefficient (Wildman–Crippen LogP) is 2.67. The van der Waals surface area contributed by atoms with Crippen LogP contribution in [0.1, 0.15) is 33.4 Å². The number of carbonyl (C=O) groups is 1.